The zero-order valence-electron chi connectivity index (χ0n) is 2.55. The second-order valence-corrected chi connectivity index (χ2v) is 0.224. The first kappa shape index (κ1) is 15.8. The third-order valence-electron chi connectivity index (χ3n) is 0. The van der Waals surface area contributed by atoms with Gasteiger partial charge in [0.1, 0.15) is 0 Å². The molecule has 0 aliphatic rings. The quantitative estimate of drug-likeness (QED) is 0.329. The molecule has 0 saturated heterocycles. The van der Waals surface area contributed by atoms with Crippen LogP contribution in [0.3, 0.4) is 0 Å². The predicted octanol–water partition coefficient (Wildman–Crippen LogP) is -3.24. The van der Waals surface area contributed by atoms with Crippen LogP contribution < -0.4 is 12.4 Å². The molecule has 0 bridgehead atoms. The summed E-state index contributed by atoms with van der Waals surface area (Å²) in [6.07, 6.45) is 0. The van der Waals surface area contributed by atoms with Gasteiger partial charge in [-0.15, -0.1) is 0 Å². The Hall–Kier alpha value is 0.867. The molecule has 0 aliphatic carbocycles. The van der Waals surface area contributed by atoms with Crippen molar-refractivity contribution < 1.29 is 59.2 Å². The molecule has 0 rings (SSSR count). The molecule has 0 radical (unpaired) electrons. The fourth-order valence-corrected chi connectivity index (χ4v) is 0. The monoisotopic (exact) mass is 237 g/mol. The van der Waals surface area contributed by atoms with Gasteiger partial charge in [-0.3, -0.25) is 0 Å². The van der Waals surface area contributed by atoms with Gasteiger partial charge in [0.2, 0.25) is 0 Å². The van der Waals surface area contributed by atoms with E-state index in [-0.39, 0.29) is 54.2 Å². The van der Waals surface area contributed by atoms with E-state index in [1.807, 2.05) is 0 Å². The molecule has 0 saturated carbocycles. The third kappa shape index (κ3) is 96.9. The van der Waals surface area contributed by atoms with Gasteiger partial charge in [0.05, 0.1) is 5.09 Å². The maximum atomic E-state index is 8.25. The first-order valence-electron chi connectivity index (χ1n) is 0.548. The minimum Gasteiger partial charge on any atom is -1.00 e. The number of nitrogens with zero attached hydrogens (tertiary/aromatic N) is 1. The van der Waals surface area contributed by atoms with Crippen LogP contribution in [0.25, 0.3) is 0 Å². The average Bonchev–Trinajstić information content (AvgIpc) is 0.811. The van der Waals surface area contributed by atoms with E-state index >= 15 is 0 Å². The van der Waals surface area contributed by atoms with Gasteiger partial charge in [0, 0.05) is 0 Å². The molecule has 0 N–H and O–H groups in total. The zero-order chi connectivity index (χ0) is 3.58. The van der Waals surface area contributed by atoms with Crippen molar-refractivity contribution in [2.75, 3.05) is 0 Å². The average molecular weight is 238 g/mol. The van der Waals surface area contributed by atoms with Gasteiger partial charge in [-0.05, 0) is 0 Å². The second-order valence-electron chi connectivity index (χ2n) is 0.224. The van der Waals surface area contributed by atoms with E-state index in [9.17, 15) is 0 Å². The van der Waals surface area contributed by atoms with Gasteiger partial charge >= 0.3 is 41.7 Å². The van der Waals surface area contributed by atoms with Gasteiger partial charge in [0.15, 0.2) is 0 Å². The topological polar surface area (TPSA) is 66.2 Å². The standard InChI is InChI=1S/Ce.ClH.NO3/c;;2-1(3)4/h;1H;/q+2;;-1/p-1. The van der Waals surface area contributed by atoms with E-state index < -0.39 is 5.09 Å². The van der Waals surface area contributed by atoms with Crippen molar-refractivity contribution in [2.45, 2.75) is 0 Å². The fourth-order valence-electron chi connectivity index (χ4n) is 0. The number of halogens is 1. The van der Waals surface area contributed by atoms with Crippen molar-refractivity contribution >= 4 is 0 Å². The van der Waals surface area contributed by atoms with Gasteiger partial charge in [0.25, 0.3) is 0 Å². The van der Waals surface area contributed by atoms with Crippen LogP contribution in [0.4, 0.5) is 0 Å². The van der Waals surface area contributed by atoms with Crippen LogP contribution in [0.1, 0.15) is 0 Å². The van der Waals surface area contributed by atoms with Gasteiger partial charge in [-0.25, -0.2) is 0 Å². The largest absolute Gasteiger partial charge is 2.00 e. The summed E-state index contributed by atoms with van der Waals surface area (Å²) in [5.41, 5.74) is 0. The van der Waals surface area contributed by atoms with Crippen LogP contribution in [0.5, 0.6) is 0 Å². The maximum absolute atomic E-state index is 8.25. The minimum atomic E-state index is -1.75. The van der Waals surface area contributed by atoms with Crippen molar-refractivity contribution in [2.24, 2.45) is 0 Å². The van der Waals surface area contributed by atoms with Crippen LogP contribution in [-0.2, 0) is 0 Å². The first-order chi connectivity index (χ1) is 1.73. The van der Waals surface area contributed by atoms with Gasteiger partial charge in [-0.2, -0.15) is 0 Å². The molecule has 0 spiro atoms. The second kappa shape index (κ2) is 9.29. The smallest absolute Gasteiger partial charge is 1.00 e. The molecule has 4 nitrogen and oxygen atoms in total. The Kier molecular flexibility index (Phi) is 24.5. The van der Waals surface area contributed by atoms with Crippen molar-refractivity contribution in [3.05, 3.63) is 15.3 Å². The molecule has 0 atom stereocenters. The Labute approximate surface area is 73.8 Å². The number of hydrogen-bond donors (Lipinski definition) is 0. The molecule has 0 fully saturated rings. The Morgan fingerprint density at radius 1 is 1.33 bits per heavy atom. The van der Waals surface area contributed by atoms with E-state index in [0.717, 1.165) is 0 Å². The van der Waals surface area contributed by atoms with Crippen LogP contribution in [0.2, 0.25) is 0 Å². The van der Waals surface area contributed by atoms with Crippen LogP contribution in [0, 0.1) is 57.1 Å². The van der Waals surface area contributed by atoms with E-state index in [4.69, 9.17) is 15.3 Å². The summed E-state index contributed by atoms with van der Waals surface area (Å²) < 4.78 is 0. The van der Waals surface area contributed by atoms with E-state index in [2.05, 4.69) is 0 Å². The maximum Gasteiger partial charge on any atom is 2.00 e. The molecule has 6 heteroatoms. The Bertz CT molecular complexity index is 33.8. The predicted molar refractivity (Wildman–Crippen MR) is 10.4 cm³/mol. The van der Waals surface area contributed by atoms with Gasteiger partial charge < -0.3 is 27.7 Å². The number of rotatable bonds is 0. The summed E-state index contributed by atoms with van der Waals surface area (Å²) in [6.45, 7) is 0. The van der Waals surface area contributed by atoms with Crippen LogP contribution >= 0.6 is 0 Å². The molecule has 0 unspecified atom stereocenters. The van der Waals surface area contributed by atoms with Crippen LogP contribution in [0.15, 0.2) is 0 Å². The molecule has 6 heavy (non-hydrogen) atoms. The molecule has 0 aromatic carbocycles. The van der Waals surface area contributed by atoms with E-state index in [1.165, 1.54) is 0 Å². The Morgan fingerprint density at radius 2 is 1.33 bits per heavy atom. The molecule has 0 aromatic rings. The van der Waals surface area contributed by atoms with Gasteiger partial charge in [-0.1, -0.05) is 0 Å². The molecule has 0 aliphatic heterocycles. The SMILES string of the molecule is O=[N+]([O-])[O-].[Ce+2].[Cl-]. The minimum absolute atomic E-state index is 0. The molecular formula is CeClNO3. The molecule has 0 heterocycles. The Morgan fingerprint density at radius 3 is 1.33 bits per heavy atom. The normalized spacial score (nSPS) is 4.00. The summed E-state index contributed by atoms with van der Waals surface area (Å²) in [6, 6.07) is 0. The third-order valence-corrected chi connectivity index (χ3v) is 0. The molecule has 0 amide bonds. The van der Waals surface area contributed by atoms with Crippen molar-refractivity contribution in [3.63, 3.8) is 0 Å². The summed E-state index contributed by atoms with van der Waals surface area (Å²) in [5, 5.41) is 14.8. The van der Waals surface area contributed by atoms with Crippen LogP contribution in [-0.4, -0.2) is 5.09 Å². The fraction of sp³-hybridized carbons (Fsp3) is 0. The molecular weight excluding hydrogens is 238 g/mol. The first-order valence-corrected chi connectivity index (χ1v) is 0.548. The van der Waals surface area contributed by atoms with Crippen molar-refractivity contribution in [3.8, 4) is 0 Å². The zero-order valence-corrected chi connectivity index (χ0v) is 6.45. The molecule has 34 valence electrons. The Balaban J connectivity index is -0.0000000450. The summed E-state index contributed by atoms with van der Waals surface area (Å²) in [5.74, 6) is 0. The van der Waals surface area contributed by atoms with Crippen molar-refractivity contribution in [1.29, 1.82) is 0 Å². The summed E-state index contributed by atoms with van der Waals surface area (Å²) in [7, 11) is 0. The van der Waals surface area contributed by atoms with E-state index in [1.54, 1.807) is 0 Å². The van der Waals surface area contributed by atoms with Crippen molar-refractivity contribution in [1.82, 2.24) is 0 Å². The van der Waals surface area contributed by atoms with E-state index in [0.29, 0.717) is 0 Å². The molecule has 0 aromatic heterocycles. The summed E-state index contributed by atoms with van der Waals surface area (Å²) >= 11 is 0. The number of hydrogen-bond acceptors (Lipinski definition) is 3. The summed E-state index contributed by atoms with van der Waals surface area (Å²) in [4.78, 5) is 8.25.